The average molecular weight is 445 g/mol. The van der Waals surface area contributed by atoms with E-state index < -0.39 is 0 Å². The number of aliphatic imine (C=N–C) groups is 1. The van der Waals surface area contributed by atoms with E-state index >= 15 is 0 Å². The van der Waals surface area contributed by atoms with Gasteiger partial charge >= 0.3 is 0 Å². The van der Waals surface area contributed by atoms with E-state index in [1.54, 1.807) is 0 Å². The predicted octanol–water partition coefficient (Wildman–Crippen LogP) is 6.72. The number of nitrogens with zero attached hydrogens (tertiary/aromatic N) is 3. The third-order valence-corrected chi connectivity index (χ3v) is 6.14. The molecule has 0 bridgehead atoms. The second-order valence-electron chi connectivity index (χ2n) is 7.61. The molecule has 1 atom stereocenters. The number of aromatic nitrogens is 2. The minimum absolute atomic E-state index is 0.508. The molecule has 4 nitrogen and oxygen atoms in total. The molecule has 0 spiro atoms. The molecule has 0 aliphatic carbocycles. The number of halogens is 1. The predicted molar refractivity (Wildman–Crippen MR) is 132 cm³/mol. The van der Waals surface area contributed by atoms with E-state index in [4.69, 9.17) is 22.3 Å². The van der Waals surface area contributed by atoms with Gasteiger partial charge in [0.05, 0.1) is 5.71 Å². The van der Waals surface area contributed by atoms with Crippen molar-refractivity contribution < 1.29 is 0 Å². The zero-order chi connectivity index (χ0) is 21.8. The number of nitrogen functional groups attached to an aromatic ring is 1. The van der Waals surface area contributed by atoms with Crippen LogP contribution in [0.5, 0.6) is 0 Å². The monoisotopic (exact) mass is 444 g/mol. The summed E-state index contributed by atoms with van der Waals surface area (Å²) < 4.78 is 0. The summed E-state index contributed by atoms with van der Waals surface area (Å²) >= 11 is 7.75. The van der Waals surface area contributed by atoms with Crippen LogP contribution in [-0.2, 0) is 12.8 Å². The first-order valence-corrected chi connectivity index (χ1v) is 11.9. The van der Waals surface area contributed by atoms with Crippen LogP contribution in [0.4, 0.5) is 5.13 Å². The van der Waals surface area contributed by atoms with Gasteiger partial charge in [0.25, 0.3) is 0 Å². The third kappa shape index (κ3) is 9.23. The molecular formula is C24H33ClN4S. The van der Waals surface area contributed by atoms with Crippen molar-refractivity contribution in [1.82, 2.24) is 10.2 Å². The highest BCUT2D eigenvalue weighted by molar-refractivity contribution is 7.15. The van der Waals surface area contributed by atoms with Crippen LogP contribution in [0, 0.1) is 5.92 Å². The molecule has 0 fully saturated rings. The number of hydrogen-bond acceptors (Lipinski definition) is 5. The van der Waals surface area contributed by atoms with Crippen LogP contribution in [0.15, 0.2) is 53.1 Å². The lowest BCUT2D eigenvalue weighted by Gasteiger charge is -2.06. The fourth-order valence-corrected chi connectivity index (χ4v) is 3.86. The zero-order valence-electron chi connectivity index (χ0n) is 18.3. The molecular weight excluding hydrogens is 412 g/mol. The highest BCUT2D eigenvalue weighted by Crippen LogP contribution is 2.17. The summed E-state index contributed by atoms with van der Waals surface area (Å²) in [7, 11) is 0. The standard InChI is InChI=1S/C24H33ClN4S/c1-4-18(2)17-21(27-16-15-20-10-6-7-11-22(20)25)14-13-19(3)9-5-8-12-23-28-29-24(26)30-23/h6-7,10-11,13-14,17,19H,4-5,8-9,12,15-16H2,1-3H3,(H2,26,29)/b14-13-,18-17?,27-21?. The first kappa shape index (κ1) is 24.3. The number of hydrogen-bond donors (Lipinski definition) is 1. The number of nitrogens with two attached hydrogens (primary N) is 1. The quantitative estimate of drug-likeness (QED) is 0.292. The lowest BCUT2D eigenvalue weighted by atomic mass is 10.0. The molecule has 1 unspecified atom stereocenters. The highest BCUT2D eigenvalue weighted by Gasteiger charge is 2.03. The summed E-state index contributed by atoms with van der Waals surface area (Å²) in [5.74, 6) is 0.508. The van der Waals surface area contributed by atoms with Crippen LogP contribution in [0.3, 0.4) is 0 Å². The number of anilines is 1. The molecule has 30 heavy (non-hydrogen) atoms. The summed E-state index contributed by atoms with van der Waals surface area (Å²) in [5.41, 5.74) is 9.15. The van der Waals surface area contributed by atoms with Crippen LogP contribution >= 0.6 is 22.9 Å². The minimum Gasteiger partial charge on any atom is -0.374 e. The van der Waals surface area contributed by atoms with E-state index in [1.165, 1.54) is 16.9 Å². The molecule has 2 aromatic rings. The maximum Gasteiger partial charge on any atom is 0.203 e. The Bertz CT molecular complexity index is 870. The third-order valence-electron chi connectivity index (χ3n) is 4.96. The van der Waals surface area contributed by atoms with Gasteiger partial charge in [-0.05, 0) is 62.3 Å². The summed E-state index contributed by atoms with van der Waals surface area (Å²) in [4.78, 5) is 4.83. The fourth-order valence-electron chi connectivity index (χ4n) is 2.98. The van der Waals surface area contributed by atoms with Crippen molar-refractivity contribution in [3.05, 3.63) is 63.7 Å². The lowest BCUT2D eigenvalue weighted by Crippen LogP contribution is -1.98. The Labute approximate surface area is 190 Å². The van der Waals surface area contributed by atoms with E-state index in [0.29, 0.717) is 11.0 Å². The highest BCUT2D eigenvalue weighted by atomic mass is 35.5. The Balaban J connectivity index is 1.85. The Morgan fingerprint density at radius 1 is 1.23 bits per heavy atom. The van der Waals surface area contributed by atoms with Crippen LogP contribution in [0.1, 0.15) is 57.0 Å². The van der Waals surface area contributed by atoms with Gasteiger partial charge in [0.15, 0.2) is 0 Å². The number of unbranched alkanes of at least 4 members (excludes halogenated alkanes) is 1. The van der Waals surface area contributed by atoms with Crippen molar-refractivity contribution in [2.24, 2.45) is 10.9 Å². The molecule has 2 rings (SSSR count). The van der Waals surface area contributed by atoms with Gasteiger partial charge in [-0.15, -0.1) is 10.2 Å². The first-order valence-electron chi connectivity index (χ1n) is 10.7. The number of benzene rings is 1. The van der Waals surface area contributed by atoms with Crippen LogP contribution in [-0.4, -0.2) is 22.5 Å². The number of rotatable bonds is 12. The topological polar surface area (TPSA) is 64.2 Å². The molecule has 1 aromatic carbocycles. The van der Waals surface area contributed by atoms with E-state index in [-0.39, 0.29) is 0 Å². The van der Waals surface area contributed by atoms with Crippen molar-refractivity contribution in [2.75, 3.05) is 12.3 Å². The van der Waals surface area contributed by atoms with Gasteiger partial charge in [0.1, 0.15) is 5.01 Å². The maximum absolute atomic E-state index is 6.26. The van der Waals surface area contributed by atoms with Gasteiger partial charge in [-0.2, -0.15) is 0 Å². The van der Waals surface area contributed by atoms with Gasteiger partial charge in [0.2, 0.25) is 5.13 Å². The van der Waals surface area contributed by atoms with Crippen molar-refractivity contribution in [3.63, 3.8) is 0 Å². The van der Waals surface area contributed by atoms with E-state index in [0.717, 1.165) is 66.4 Å². The molecule has 2 N–H and O–H groups in total. The summed E-state index contributed by atoms with van der Waals surface area (Å²) in [6.45, 7) is 7.32. The van der Waals surface area contributed by atoms with E-state index in [9.17, 15) is 0 Å². The lowest BCUT2D eigenvalue weighted by molar-refractivity contribution is 0.580. The maximum atomic E-state index is 6.26. The largest absolute Gasteiger partial charge is 0.374 e. The Hall–Kier alpha value is -1.98. The Kier molecular flexibility index (Phi) is 10.8. The first-order chi connectivity index (χ1) is 14.5. The van der Waals surface area contributed by atoms with Gasteiger partial charge in [-0.1, -0.05) is 73.1 Å². The van der Waals surface area contributed by atoms with Crippen LogP contribution in [0.2, 0.25) is 5.02 Å². The molecule has 0 radical (unpaired) electrons. The van der Waals surface area contributed by atoms with Gasteiger partial charge in [-0.3, -0.25) is 4.99 Å². The van der Waals surface area contributed by atoms with Crippen LogP contribution in [0.25, 0.3) is 0 Å². The van der Waals surface area contributed by atoms with Gasteiger partial charge < -0.3 is 5.73 Å². The molecule has 0 saturated heterocycles. The molecule has 0 aliphatic heterocycles. The van der Waals surface area contributed by atoms with Crippen LogP contribution < -0.4 is 5.73 Å². The van der Waals surface area contributed by atoms with Gasteiger partial charge in [-0.25, -0.2) is 0 Å². The fraction of sp³-hybridized carbons (Fsp3) is 0.458. The molecule has 1 heterocycles. The van der Waals surface area contributed by atoms with E-state index in [1.807, 2.05) is 18.2 Å². The molecule has 6 heteroatoms. The molecule has 162 valence electrons. The summed E-state index contributed by atoms with van der Waals surface area (Å²) in [6, 6.07) is 7.98. The second-order valence-corrected chi connectivity index (χ2v) is 9.11. The second kappa shape index (κ2) is 13.3. The summed E-state index contributed by atoms with van der Waals surface area (Å²) in [6.07, 6.45) is 12.9. The number of allylic oxidation sites excluding steroid dienone is 4. The molecule has 0 saturated carbocycles. The average Bonchev–Trinajstić information content (AvgIpc) is 3.15. The van der Waals surface area contributed by atoms with Crippen molar-refractivity contribution in [3.8, 4) is 0 Å². The van der Waals surface area contributed by atoms with E-state index in [2.05, 4.69) is 55.3 Å². The molecule has 0 aliphatic rings. The number of aryl methyl sites for hydroxylation is 1. The molecule has 1 aromatic heterocycles. The summed E-state index contributed by atoms with van der Waals surface area (Å²) in [5, 5.41) is 10.3. The van der Waals surface area contributed by atoms with Crippen molar-refractivity contribution in [2.45, 2.75) is 59.3 Å². The Morgan fingerprint density at radius 3 is 2.73 bits per heavy atom. The molecule has 0 amide bonds. The Morgan fingerprint density at radius 2 is 2.03 bits per heavy atom. The van der Waals surface area contributed by atoms with Crippen molar-refractivity contribution >= 4 is 33.8 Å². The normalized spacial score (nSPS) is 13.9. The van der Waals surface area contributed by atoms with Crippen molar-refractivity contribution in [1.29, 1.82) is 0 Å². The smallest absolute Gasteiger partial charge is 0.203 e. The minimum atomic E-state index is 0.508. The zero-order valence-corrected chi connectivity index (χ0v) is 19.8. The van der Waals surface area contributed by atoms with Gasteiger partial charge in [0, 0.05) is 18.0 Å². The SMILES string of the molecule is CCC(C)=CC(/C=C\C(C)CCCCc1nnc(N)s1)=NCCc1ccccc1Cl.